The smallest absolute Gasteiger partial charge is 0.228 e. The van der Waals surface area contributed by atoms with E-state index in [1.165, 1.54) is 18.5 Å². The minimum Gasteiger partial charge on any atom is -0.443 e. The number of carbonyl (C=O) groups is 1. The first-order valence-corrected chi connectivity index (χ1v) is 6.08. The number of hydrogen-bond acceptors (Lipinski definition) is 3. The van der Waals surface area contributed by atoms with Gasteiger partial charge in [0.1, 0.15) is 11.3 Å². The van der Waals surface area contributed by atoms with Crippen molar-refractivity contribution < 1.29 is 13.6 Å². The summed E-state index contributed by atoms with van der Waals surface area (Å²) in [6.45, 7) is 0. The Hall–Kier alpha value is -2.69. The second-order valence-corrected chi connectivity index (χ2v) is 4.39. The van der Waals surface area contributed by atoms with Gasteiger partial charge >= 0.3 is 0 Å². The fourth-order valence-electron chi connectivity index (χ4n) is 1.93. The number of benzene rings is 2. The van der Waals surface area contributed by atoms with Crippen LogP contribution in [0.15, 0.2) is 53.3 Å². The molecule has 0 fully saturated rings. The van der Waals surface area contributed by atoms with Crippen LogP contribution in [-0.4, -0.2) is 10.9 Å². The first kappa shape index (κ1) is 12.3. The Morgan fingerprint density at radius 3 is 2.80 bits per heavy atom. The number of nitrogens with zero attached hydrogens (tertiary/aromatic N) is 1. The van der Waals surface area contributed by atoms with Crippen molar-refractivity contribution in [2.24, 2.45) is 0 Å². The molecule has 0 unspecified atom stereocenters. The van der Waals surface area contributed by atoms with Crippen LogP contribution >= 0.6 is 0 Å². The van der Waals surface area contributed by atoms with E-state index in [9.17, 15) is 9.18 Å². The lowest BCUT2D eigenvalue weighted by atomic mass is 10.1. The lowest BCUT2D eigenvalue weighted by Crippen LogP contribution is -2.14. The monoisotopic (exact) mass is 270 g/mol. The summed E-state index contributed by atoms with van der Waals surface area (Å²) in [4.78, 5) is 15.9. The standard InChI is InChI=1S/C15H11FN2O2/c16-11-3-1-10(2-4-11)7-15(19)18-12-5-6-13-14(8-12)20-9-17-13/h1-6,8-9H,7H2,(H,18,19). The molecule has 0 aliphatic rings. The largest absolute Gasteiger partial charge is 0.443 e. The third kappa shape index (κ3) is 2.66. The van der Waals surface area contributed by atoms with E-state index in [1.54, 1.807) is 30.3 Å². The predicted molar refractivity (Wildman–Crippen MR) is 72.7 cm³/mol. The lowest BCUT2D eigenvalue weighted by Gasteiger charge is -2.05. The molecule has 5 heteroatoms. The maximum Gasteiger partial charge on any atom is 0.228 e. The lowest BCUT2D eigenvalue weighted by molar-refractivity contribution is -0.115. The van der Waals surface area contributed by atoms with Crippen molar-refractivity contribution >= 4 is 22.7 Å². The Labute approximate surface area is 114 Å². The first-order valence-electron chi connectivity index (χ1n) is 6.08. The highest BCUT2D eigenvalue weighted by Gasteiger charge is 2.06. The van der Waals surface area contributed by atoms with Gasteiger partial charge in [-0.1, -0.05) is 12.1 Å². The summed E-state index contributed by atoms with van der Waals surface area (Å²) in [6, 6.07) is 11.1. The normalized spacial score (nSPS) is 10.7. The number of halogens is 1. The van der Waals surface area contributed by atoms with E-state index in [1.807, 2.05) is 0 Å². The number of oxazole rings is 1. The topological polar surface area (TPSA) is 55.1 Å². The van der Waals surface area contributed by atoms with E-state index in [0.29, 0.717) is 11.3 Å². The van der Waals surface area contributed by atoms with Crippen LogP contribution in [0.25, 0.3) is 11.1 Å². The molecule has 20 heavy (non-hydrogen) atoms. The molecular weight excluding hydrogens is 259 g/mol. The highest BCUT2D eigenvalue weighted by molar-refractivity contribution is 5.93. The molecule has 1 aromatic heterocycles. The molecule has 1 N–H and O–H groups in total. The molecule has 0 radical (unpaired) electrons. The summed E-state index contributed by atoms with van der Waals surface area (Å²) in [7, 11) is 0. The average Bonchev–Trinajstić information content (AvgIpc) is 2.89. The average molecular weight is 270 g/mol. The minimum atomic E-state index is -0.315. The van der Waals surface area contributed by atoms with Crippen molar-refractivity contribution in [2.45, 2.75) is 6.42 Å². The van der Waals surface area contributed by atoms with E-state index in [0.717, 1.165) is 11.1 Å². The van der Waals surface area contributed by atoms with Gasteiger partial charge < -0.3 is 9.73 Å². The van der Waals surface area contributed by atoms with Crippen LogP contribution in [0.4, 0.5) is 10.1 Å². The molecule has 4 nitrogen and oxygen atoms in total. The minimum absolute atomic E-state index is 0.171. The summed E-state index contributed by atoms with van der Waals surface area (Å²) >= 11 is 0. The summed E-state index contributed by atoms with van der Waals surface area (Å²) in [5.41, 5.74) is 2.75. The van der Waals surface area contributed by atoms with Crippen molar-refractivity contribution in [1.29, 1.82) is 0 Å². The number of fused-ring (bicyclic) bond motifs is 1. The summed E-state index contributed by atoms with van der Waals surface area (Å²) in [5, 5.41) is 2.77. The van der Waals surface area contributed by atoms with Crippen LogP contribution in [0.3, 0.4) is 0 Å². The molecule has 3 aromatic rings. The molecule has 0 atom stereocenters. The van der Waals surface area contributed by atoms with Crippen LogP contribution in [0.5, 0.6) is 0 Å². The number of amides is 1. The van der Waals surface area contributed by atoms with E-state index in [2.05, 4.69) is 10.3 Å². The summed E-state index contributed by atoms with van der Waals surface area (Å²) in [6.07, 6.45) is 1.55. The van der Waals surface area contributed by atoms with Crippen LogP contribution in [-0.2, 0) is 11.2 Å². The van der Waals surface area contributed by atoms with Gasteiger partial charge in [0.15, 0.2) is 12.0 Å². The quantitative estimate of drug-likeness (QED) is 0.795. The second-order valence-electron chi connectivity index (χ2n) is 4.39. The number of anilines is 1. The van der Waals surface area contributed by atoms with Gasteiger partial charge in [-0.2, -0.15) is 0 Å². The second kappa shape index (κ2) is 5.13. The number of nitrogens with one attached hydrogen (secondary N) is 1. The third-order valence-corrected chi connectivity index (χ3v) is 2.89. The molecule has 3 rings (SSSR count). The number of carbonyl (C=O) groups excluding carboxylic acids is 1. The Morgan fingerprint density at radius 2 is 2.00 bits per heavy atom. The highest BCUT2D eigenvalue weighted by atomic mass is 19.1. The SMILES string of the molecule is O=C(Cc1ccc(F)cc1)Nc1ccc2ncoc2c1. The van der Waals surface area contributed by atoms with Crippen LogP contribution in [0.1, 0.15) is 5.56 Å². The molecule has 0 spiro atoms. The van der Waals surface area contributed by atoms with Gasteiger partial charge in [0.2, 0.25) is 5.91 Å². The highest BCUT2D eigenvalue weighted by Crippen LogP contribution is 2.18. The van der Waals surface area contributed by atoms with Gasteiger partial charge in [-0.3, -0.25) is 4.79 Å². The van der Waals surface area contributed by atoms with Crippen LogP contribution in [0, 0.1) is 5.82 Å². The van der Waals surface area contributed by atoms with Crippen molar-refractivity contribution in [3.63, 3.8) is 0 Å². The van der Waals surface area contributed by atoms with Crippen molar-refractivity contribution in [2.75, 3.05) is 5.32 Å². The van der Waals surface area contributed by atoms with Crippen molar-refractivity contribution in [1.82, 2.24) is 4.98 Å². The number of aromatic nitrogens is 1. The van der Waals surface area contributed by atoms with Gasteiger partial charge in [0.05, 0.1) is 6.42 Å². The Balaban J connectivity index is 1.70. The van der Waals surface area contributed by atoms with Crippen molar-refractivity contribution in [3.05, 3.63) is 60.2 Å². The zero-order valence-electron chi connectivity index (χ0n) is 10.5. The zero-order chi connectivity index (χ0) is 13.9. The molecular formula is C15H11FN2O2. The Bertz CT molecular complexity index is 750. The molecule has 1 amide bonds. The first-order chi connectivity index (χ1) is 9.70. The molecule has 0 aliphatic heterocycles. The van der Waals surface area contributed by atoms with Gasteiger partial charge in [-0.15, -0.1) is 0 Å². The molecule has 0 bridgehead atoms. The number of hydrogen-bond donors (Lipinski definition) is 1. The molecule has 1 heterocycles. The third-order valence-electron chi connectivity index (χ3n) is 2.89. The van der Waals surface area contributed by atoms with Gasteiger partial charge in [0.25, 0.3) is 0 Å². The van der Waals surface area contributed by atoms with E-state index in [4.69, 9.17) is 4.42 Å². The maximum atomic E-state index is 12.8. The molecule has 0 saturated heterocycles. The summed E-state index contributed by atoms with van der Waals surface area (Å²) in [5.74, 6) is -0.486. The molecule has 100 valence electrons. The molecule has 0 saturated carbocycles. The fourth-order valence-corrected chi connectivity index (χ4v) is 1.93. The van der Waals surface area contributed by atoms with Crippen molar-refractivity contribution in [3.8, 4) is 0 Å². The summed E-state index contributed by atoms with van der Waals surface area (Å²) < 4.78 is 17.9. The van der Waals surface area contributed by atoms with E-state index < -0.39 is 0 Å². The number of rotatable bonds is 3. The Kier molecular flexibility index (Phi) is 3.16. The van der Waals surface area contributed by atoms with Gasteiger partial charge in [-0.05, 0) is 29.8 Å². The Morgan fingerprint density at radius 1 is 1.20 bits per heavy atom. The van der Waals surface area contributed by atoms with E-state index in [-0.39, 0.29) is 18.1 Å². The molecule has 0 aliphatic carbocycles. The van der Waals surface area contributed by atoms with Crippen LogP contribution in [0.2, 0.25) is 0 Å². The van der Waals surface area contributed by atoms with Crippen LogP contribution < -0.4 is 5.32 Å². The fraction of sp³-hybridized carbons (Fsp3) is 0.0667. The van der Waals surface area contributed by atoms with Gasteiger partial charge in [0, 0.05) is 11.8 Å². The maximum absolute atomic E-state index is 12.8. The zero-order valence-corrected chi connectivity index (χ0v) is 10.5. The molecule has 2 aromatic carbocycles. The van der Waals surface area contributed by atoms with Gasteiger partial charge in [-0.25, -0.2) is 9.37 Å². The van der Waals surface area contributed by atoms with E-state index >= 15 is 0 Å². The predicted octanol–water partition coefficient (Wildman–Crippen LogP) is 3.15.